The van der Waals surface area contributed by atoms with E-state index in [4.69, 9.17) is 0 Å². The molecule has 0 bridgehead atoms. The summed E-state index contributed by atoms with van der Waals surface area (Å²) in [5.41, 5.74) is 0.625. The van der Waals surface area contributed by atoms with E-state index in [9.17, 15) is 9.59 Å². The lowest BCUT2D eigenvalue weighted by Gasteiger charge is -2.29. The lowest BCUT2D eigenvalue weighted by molar-refractivity contribution is -0.122. The van der Waals surface area contributed by atoms with Gasteiger partial charge < -0.3 is 10.6 Å². The minimum absolute atomic E-state index is 0.0589. The Morgan fingerprint density at radius 2 is 1.75 bits per heavy atom. The molecule has 132 valence electrons. The first-order valence-corrected chi connectivity index (χ1v) is 8.52. The molecule has 0 fully saturated rings. The highest BCUT2D eigenvalue weighted by Gasteiger charge is 2.23. The van der Waals surface area contributed by atoms with Gasteiger partial charge in [-0.3, -0.25) is 9.59 Å². The van der Waals surface area contributed by atoms with Crippen molar-refractivity contribution in [3.63, 3.8) is 0 Å². The molecule has 0 saturated heterocycles. The molecule has 4 heteroatoms. The van der Waals surface area contributed by atoms with Crippen molar-refractivity contribution in [2.24, 2.45) is 5.92 Å². The van der Waals surface area contributed by atoms with E-state index in [-0.39, 0.29) is 29.3 Å². The van der Waals surface area contributed by atoms with Crippen LogP contribution in [0.2, 0.25) is 0 Å². The lowest BCUT2D eigenvalue weighted by Crippen LogP contribution is -2.44. The second kappa shape index (κ2) is 9.26. The molecule has 0 radical (unpaired) electrons. The van der Waals surface area contributed by atoms with Crippen molar-refractivity contribution in [2.45, 2.75) is 59.0 Å². The van der Waals surface area contributed by atoms with Crippen molar-refractivity contribution in [1.82, 2.24) is 10.6 Å². The number of carbonyl (C=O) groups is 2. The molecule has 0 saturated carbocycles. The van der Waals surface area contributed by atoms with E-state index in [0.717, 1.165) is 12.0 Å². The summed E-state index contributed by atoms with van der Waals surface area (Å²) in [4.78, 5) is 23.9. The molecule has 1 unspecified atom stereocenters. The molecule has 0 aliphatic rings. The number of nitrogens with one attached hydrogen (secondary N) is 2. The first-order chi connectivity index (χ1) is 11.2. The first-order valence-electron chi connectivity index (χ1n) is 8.52. The molecule has 2 N–H and O–H groups in total. The van der Waals surface area contributed by atoms with Gasteiger partial charge in [0.15, 0.2) is 0 Å². The standard InChI is InChI=1S/C20H30N2O2/c1-15(2)21-19(24)13-16(3)14-20(4,5)22-18(23)12-11-17-9-7-6-8-10-17/h6-12,15-16H,13-14H2,1-5H3,(H,21,24)(H,22,23)/b12-11+. The molecule has 24 heavy (non-hydrogen) atoms. The van der Waals surface area contributed by atoms with Gasteiger partial charge in [-0.25, -0.2) is 0 Å². The van der Waals surface area contributed by atoms with Gasteiger partial charge in [0, 0.05) is 24.1 Å². The predicted molar refractivity (Wildman–Crippen MR) is 99.4 cm³/mol. The Balaban J connectivity index is 2.48. The summed E-state index contributed by atoms with van der Waals surface area (Å²) in [7, 11) is 0. The topological polar surface area (TPSA) is 58.2 Å². The maximum Gasteiger partial charge on any atom is 0.244 e. The molecule has 1 aromatic rings. The van der Waals surface area contributed by atoms with Crippen LogP contribution in [-0.2, 0) is 9.59 Å². The van der Waals surface area contributed by atoms with Crippen molar-refractivity contribution in [2.75, 3.05) is 0 Å². The number of rotatable bonds is 8. The summed E-state index contributed by atoms with van der Waals surface area (Å²) >= 11 is 0. The fourth-order valence-corrected chi connectivity index (χ4v) is 2.80. The molecular weight excluding hydrogens is 300 g/mol. The zero-order chi connectivity index (χ0) is 18.2. The number of hydrogen-bond acceptors (Lipinski definition) is 2. The molecule has 1 rings (SSSR count). The highest BCUT2D eigenvalue weighted by atomic mass is 16.2. The SMILES string of the molecule is CC(CC(=O)NC(C)C)CC(C)(C)NC(=O)/C=C/c1ccccc1. The van der Waals surface area contributed by atoms with Crippen LogP contribution in [0, 0.1) is 5.92 Å². The Morgan fingerprint density at radius 1 is 1.12 bits per heavy atom. The molecule has 1 aromatic carbocycles. The smallest absolute Gasteiger partial charge is 0.244 e. The van der Waals surface area contributed by atoms with Gasteiger partial charge in [0.1, 0.15) is 0 Å². The van der Waals surface area contributed by atoms with Crippen LogP contribution >= 0.6 is 0 Å². The van der Waals surface area contributed by atoms with Gasteiger partial charge >= 0.3 is 0 Å². The second-order valence-corrected chi connectivity index (χ2v) is 7.35. The van der Waals surface area contributed by atoms with E-state index in [0.29, 0.717) is 6.42 Å². The van der Waals surface area contributed by atoms with Gasteiger partial charge in [0.25, 0.3) is 0 Å². The van der Waals surface area contributed by atoms with E-state index in [1.807, 2.05) is 65.0 Å². The monoisotopic (exact) mass is 330 g/mol. The van der Waals surface area contributed by atoms with Crippen LogP contribution < -0.4 is 10.6 Å². The average Bonchev–Trinajstić information content (AvgIpc) is 2.43. The zero-order valence-electron chi connectivity index (χ0n) is 15.4. The van der Waals surface area contributed by atoms with Gasteiger partial charge in [0.05, 0.1) is 0 Å². The second-order valence-electron chi connectivity index (χ2n) is 7.35. The quantitative estimate of drug-likeness (QED) is 0.716. The molecular formula is C20H30N2O2. The Bertz CT molecular complexity index is 562. The first kappa shape index (κ1) is 19.9. The summed E-state index contributed by atoms with van der Waals surface area (Å²) in [6, 6.07) is 9.86. The van der Waals surface area contributed by atoms with Gasteiger partial charge in [-0.2, -0.15) is 0 Å². The van der Waals surface area contributed by atoms with Crippen molar-refractivity contribution in [3.05, 3.63) is 42.0 Å². The summed E-state index contributed by atoms with van der Waals surface area (Å²) < 4.78 is 0. The Labute approximate surface area is 145 Å². The van der Waals surface area contributed by atoms with Crippen LogP contribution in [0.4, 0.5) is 0 Å². The van der Waals surface area contributed by atoms with E-state index >= 15 is 0 Å². The van der Waals surface area contributed by atoms with Crippen LogP contribution in [0.3, 0.4) is 0 Å². The predicted octanol–water partition coefficient (Wildman–Crippen LogP) is 3.54. The van der Waals surface area contributed by atoms with Crippen molar-refractivity contribution in [3.8, 4) is 0 Å². The van der Waals surface area contributed by atoms with Gasteiger partial charge in [-0.05, 0) is 51.7 Å². The molecule has 0 heterocycles. The minimum atomic E-state index is -0.365. The van der Waals surface area contributed by atoms with Gasteiger partial charge in [0.2, 0.25) is 11.8 Å². The lowest BCUT2D eigenvalue weighted by atomic mass is 9.89. The number of carbonyl (C=O) groups excluding carboxylic acids is 2. The van der Waals surface area contributed by atoms with Crippen LogP contribution in [0.25, 0.3) is 6.08 Å². The molecule has 0 aliphatic heterocycles. The summed E-state index contributed by atoms with van der Waals surface area (Å²) in [6.07, 6.45) is 4.55. The molecule has 0 aliphatic carbocycles. The van der Waals surface area contributed by atoms with E-state index in [1.54, 1.807) is 12.2 Å². The van der Waals surface area contributed by atoms with Crippen molar-refractivity contribution >= 4 is 17.9 Å². The normalized spacial score (nSPS) is 13.1. The van der Waals surface area contributed by atoms with Crippen LogP contribution in [0.5, 0.6) is 0 Å². The van der Waals surface area contributed by atoms with Gasteiger partial charge in [-0.15, -0.1) is 0 Å². The summed E-state index contributed by atoms with van der Waals surface area (Å²) in [5.74, 6) is 0.128. The number of hydrogen-bond donors (Lipinski definition) is 2. The van der Waals surface area contributed by atoms with Crippen LogP contribution in [0.1, 0.15) is 53.0 Å². The largest absolute Gasteiger partial charge is 0.354 e. The van der Waals surface area contributed by atoms with E-state index in [2.05, 4.69) is 10.6 Å². The highest BCUT2D eigenvalue weighted by Crippen LogP contribution is 2.19. The number of benzene rings is 1. The Kier molecular flexibility index (Phi) is 7.69. The van der Waals surface area contributed by atoms with E-state index < -0.39 is 0 Å². The van der Waals surface area contributed by atoms with Crippen molar-refractivity contribution in [1.29, 1.82) is 0 Å². The third kappa shape index (κ3) is 8.51. The number of amides is 2. The Morgan fingerprint density at radius 3 is 2.33 bits per heavy atom. The van der Waals surface area contributed by atoms with Crippen LogP contribution in [0.15, 0.2) is 36.4 Å². The fourth-order valence-electron chi connectivity index (χ4n) is 2.80. The fraction of sp³-hybridized carbons (Fsp3) is 0.500. The highest BCUT2D eigenvalue weighted by molar-refractivity contribution is 5.92. The van der Waals surface area contributed by atoms with E-state index in [1.165, 1.54) is 0 Å². The van der Waals surface area contributed by atoms with Crippen molar-refractivity contribution < 1.29 is 9.59 Å². The molecule has 2 amide bonds. The Hall–Kier alpha value is -2.10. The zero-order valence-corrected chi connectivity index (χ0v) is 15.4. The summed E-state index contributed by atoms with van der Waals surface area (Å²) in [5, 5.41) is 5.92. The third-order valence-electron chi connectivity index (χ3n) is 3.53. The molecule has 0 spiro atoms. The minimum Gasteiger partial charge on any atom is -0.354 e. The molecule has 0 aromatic heterocycles. The van der Waals surface area contributed by atoms with Crippen LogP contribution in [-0.4, -0.2) is 23.4 Å². The average molecular weight is 330 g/mol. The van der Waals surface area contributed by atoms with Gasteiger partial charge in [-0.1, -0.05) is 37.3 Å². The maximum atomic E-state index is 12.1. The maximum absolute atomic E-state index is 12.1. The molecule has 4 nitrogen and oxygen atoms in total. The third-order valence-corrected chi connectivity index (χ3v) is 3.53. The summed E-state index contributed by atoms with van der Waals surface area (Å²) in [6.45, 7) is 9.90. The molecule has 1 atom stereocenters.